The number of piperidine rings is 1. The largest absolute Gasteiger partial charge is 0.354 e. The zero-order valence-electron chi connectivity index (χ0n) is 14.1. The molecule has 3 nitrogen and oxygen atoms in total. The molecule has 0 radical (unpaired) electrons. The fraction of sp³-hybridized carbons (Fsp3) is 0.632. The first-order valence-electron chi connectivity index (χ1n) is 8.83. The second kappa shape index (κ2) is 8.94. The van der Waals surface area contributed by atoms with Gasteiger partial charge in [0, 0.05) is 19.1 Å². The smallest absolute Gasteiger partial charge is 0.227 e. The molecule has 2 unspecified atom stereocenters. The Balaban J connectivity index is 1.81. The Morgan fingerprint density at radius 2 is 2.05 bits per heavy atom. The number of nitrogens with zero attached hydrogens (tertiary/aromatic N) is 1. The number of benzene rings is 1. The van der Waals surface area contributed by atoms with Crippen molar-refractivity contribution in [1.29, 1.82) is 0 Å². The van der Waals surface area contributed by atoms with Crippen molar-refractivity contribution in [3.8, 4) is 0 Å². The molecule has 1 saturated heterocycles. The zero-order valence-corrected chi connectivity index (χ0v) is 14.1. The van der Waals surface area contributed by atoms with E-state index >= 15 is 0 Å². The van der Waals surface area contributed by atoms with Gasteiger partial charge in [0.15, 0.2) is 0 Å². The third-order valence-corrected chi connectivity index (χ3v) is 4.85. The van der Waals surface area contributed by atoms with Crippen molar-refractivity contribution in [3.63, 3.8) is 0 Å². The predicted octanol–water partition coefficient (Wildman–Crippen LogP) is 3.56. The van der Waals surface area contributed by atoms with Gasteiger partial charge in [-0.2, -0.15) is 0 Å². The van der Waals surface area contributed by atoms with Crippen LogP contribution in [0.3, 0.4) is 0 Å². The lowest BCUT2D eigenvalue weighted by molar-refractivity contribution is -0.122. The maximum Gasteiger partial charge on any atom is 0.227 e. The molecule has 1 aliphatic rings. The van der Waals surface area contributed by atoms with Crippen LogP contribution in [0.4, 0.5) is 0 Å². The van der Waals surface area contributed by atoms with Crippen molar-refractivity contribution >= 4 is 5.91 Å². The Hall–Kier alpha value is -1.35. The summed E-state index contributed by atoms with van der Waals surface area (Å²) >= 11 is 0. The van der Waals surface area contributed by atoms with E-state index in [4.69, 9.17) is 0 Å². The molecule has 0 spiro atoms. The lowest BCUT2D eigenvalue weighted by Crippen LogP contribution is -2.44. The number of nitrogens with one attached hydrogen (secondary N) is 1. The normalized spacial score (nSPS) is 20.5. The van der Waals surface area contributed by atoms with Gasteiger partial charge in [0.25, 0.3) is 0 Å². The average Bonchev–Trinajstić information content (AvgIpc) is 2.57. The first-order valence-corrected chi connectivity index (χ1v) is 8.83. The van der Waals surface area contributed by atoms with Gasteiger partial charge in [0.05, 0.1) is 5.92 Å². The van der Waals surface area contributed by atoms with Crippen molar-refractivity contribution in [1.82, 2.24) is 10.2 Å². The molecular formula is C19H30N2O. The van der Waals surface area contributed by atoms with Gasteiger partial charge in [0.2, 0.25) is 5.91 Å². The number of amides is 1. The van der Waals surface area contributed by atoms with E-state index in [1.807, 2.05) is 30.3 Å². The van der Waals surface area contributed by atoms with Crippen LogP contribution in [0.2, 0.25) is 0 Å². The van der Waals surface area contributed by atoms with E-state index in [0.29, 0.717) is 6.04 Å². The van der Waals surface area contributed by atoms with E-state index < -0.39 is 0 Å². The van der Waals surface area contributed by atoms with E-state index in [9.17, 15) is 4.79 Å². The molecule has 1 heterocycles. The fourth-order valence-corrected chi connectivity index (χ4v) is 3.52. The quantitative estimate of drug-likeness (QED) is 0.835. The highest BCUT2D eigenvalue weighted by molar-refractivity contribution is 5.83. The summed E-state index contributed by atoms with van der Waals surface area (Å²) in [6.07, 6.45) is 6.03. The molecular weight excluding hydrogens is 272 g/mol. The second-order valence-electron chi connectivity index (χ2n) is 6.26. The lowest BCUT2D eigenvalue weighted by Gasteiger charge is -2.35. The zero-order chi connectivity index (χ0) is 15.8. The van der Waals surface area contributed by atoms with Crippen LogP contribution < -0.4 is 5.32 Å². The lowest BCUT2D eigenvalue weighted by atomic mass is 9.95. The molecule has 2 rings (SSSR count). The highest BCUT2D eigenvalue weighted by Gasteiger charge is 2.21. The molecule has 2 atom stereocenters. The Kier molecular flexibility index (Phi) is 6.91. The van der Waals surface area contributed by atoms with E-state index in [-0.39, 0.29) is 11.8 Å². The number of carbonyl (C=O) groups is 1. The van der Waals surface area contributed by atoms with E-state index in [1.165, 1.54) is 32.2 Å². The Morgan fingerprint density at radius 1 is 1.27 bits per heavy atom. The summed E-state index contributed by atoms with van der Waals surface area (Å²) in [6.45, 7) is 7.28. The molecule has 0 bridgehead atoms. The first-order chi connectivity index (χ1) is 10.8. The minimum Gasteiger partial charge on any atom is -0.354 e. The van der Waals surface area contributed by atoms with Crippen LogP contribution in [0.1, 0.15) is 57.4 Å². The third-order valence-electron chi connectivity index (χ3n) is 4.85. The molecule has 1 aromatic carbocycles. The van der Waals surface area contributed by atoms with Gasteiger partial charge in [0.1, 0.15) is 0 Å². The number of hydrogen-bond donors (Lipinski definition) is 1. The van der Waals surface area contributed by atoms with E-state index in [2.05, 4.69) is 24.1 Å². The molecule has 0 saturated carbocycles. The van der Waals surface area contributed by atoms with Crippen LogP contribution in [0.5, 0.6) is 0 Å². The van der Waals surface area contributed by atoms with Crippen LogP contribution in [-0.4, -0.2) is 36.5 Å². The summed E-state index contributed by atoms with van der Waals surface area (Å²) in [5.41, 5.74) is 1.12. The van der Waals surface area contributed by atoms with Crippen LogP contribution >= 0.6 is 0 Å². The number of hydrogen-bond acceptors (Lipinski definition) is 2. The Morgan fingerprint density at radius 3 is 2.73 bits per heavy atom. The van der Waals surface area contributed by atoms with Gasteiger partial charge in [-0.25, -0.2) is 0 Å². The summed E-state index contributed by atoms with van der Waals surface area (Å²) in [6, 6.07) is 10.8. The highest BCUT2D eigenvalue weighted by atomic mass is 16.1. The molecule has 1 fully saturated rings. The topological polar surface area (TPSA) is 32.3 Å². The molecule has 1 aliphatic heterocycles. The van der Waals surface area contributed by atoms with Crippen molar-refractivity contribution in [2.45, 2.75) is 57.9 Å². The third kappa shape index (κ3) is 4.57. The number of likely N-dealkylation sites (tertiary alicyclic amines) is 1. The highest BCUT2D eigenvalue weighted by Crippen LogP contribution is 2.20. The SMILES string of the molecule is CCC(C(=O)NCCN1CCCCC1CC)c1ccccc1. The van der Waals surface area contributed by atoms with Crippen molar-refractivity contribution in [3.05, 3.63) is 35.9 Å². The second-order valence-corrected chi connectivity index (χ2v) is 6.26. The molecule has 1 amide bonds. The molecule has 3 heteroatoms. The van der Waals surface area contributed by atoms with Gasteiger partial charge in [-0.15, -0.1) is 0 Å². The maximum absolute atomic E-state index is 12.4. The van der Waals surface area contributed by atoms with Crippen LogP contribution in [0.25, 0.3) is 0 Å². The molecule has 22 heavy (non-hydrogen) atoms. The summed E-state index contributed by atoms with van der Waals surface area (Å²) in [4.78, 5) is 15.0. The average molecular weight is 302 g/mol. The van der Waals surface area contributed by atoms with Crippen molar-refractivity contribution in [2.24, 2.45) is 0 Å². The first kappa shape index (κ1) is 17.0. The molecule has 122 valence electrons. The molecule has 1 aromatic rings. The minimum atomic E-state index is -0.0236. The summed E-state index contributed by atoms with van der Waals surface area (Å²) in [7, 11) is 0. The van der Waals surface area contributed by atoms with Gasteiger partial charge >= 0.3 is 0 Å². The van der Waals surface area contributed by atoms with Crippen LogP contribution in [0, 0.1) is 0 Å². The fourth-order valence-electron chi connectivity index (χ4n) is 3.52. The minimum absolute atomic E-state index is 0.0236. The maximum atomic E-state index is 12.4. The van der Waals surface area contributed by atoms with Crippen LogP contribution in [0.15, 0.2) is 30.3 Å². The van der Waals surface area contributed by atoms with Crippen molar-refractivity contribution < 1.29 is 4.79 Å². The molecule has 0 aliphatic carbocycles. The number of rotatable bonds is 7. The monoisotopic (exact) mass is 302 g/mol. The Labute approximate surface area is 135 Å². The summed E-state index contributed by atoms with van der Waals surface area (Å²) in [5.74, 6) is 0.142. The van der Waals surface area contributed by atoms with Gasteiger partial charge in [-0.3, -0.25) is 9.69 Å². The van der Waals surface area contributed by atoms with E-state index in [0.717, 1.165) is 25.1 Å². The number of carbonyl (C=O) groups excluding carboxylic acids is 1. The summed E-state index contributed by atoms with van der Waals surface area (Å²) in [5, 5.41) is 3.14. The standard InChI is InChI=1S/C19H30N2O/c1-3-17-12-8-9-14-21(17)15-13-20-19(22)18(4-2)16-10-6-5-7-11-16/h5-7,10-11,17-18H,3-4,8-9,12-15H2,1-2H3,(H,20,22). The molecule has 0 aromatic heterocycles. The van der Waals surface area contributed by atoms with Gasteiger partial charge in [-0.1, -0.05) is 50.6 Å². The molecule has 1 N–H and O–H groups in total. The summed E-state index contributed by atoms with van der Waals surface area (Å²) < 4.78 is 0. The van der Waals surface area contributed by atoms with Gasteiger partial charge < -0.3 is 5.32 Å². The van der Waals surface area contributed by atoms with E-state index in [1.54, 1.807) is 0 Å². The predicted molar refractivity (Wildman–Crippen MR) is 92.0 cm³/mol. The van der Waals surface area contributed by atoms with Crippen molar-refractivity contribution in [2.75, 3.05) is 19.6 Å². The van der Waals surface area contributed by atoms with Gasteiger partial charge in [-0.05, 0) is 37.8 Å². The van der Waals surface area contributed by atoms with Crippen LogP contribution in [-0.2, 0) is 4.79 Å². The Bertz CT molecular complexity index is 446.